The summed E-state index contributed by atoms with van der Waals surface area (Å²) in [6.45, 7) is 11.7. The first-order chi connectivity index (χ1) is 13.2. The molecule has 2 heterocycles. The molecule has 5 nitrogen and oxygen atoms in total. The van der Waals surface area contributed by atoms with Crippen LogP contribution in [-0.4, -0.2) is 34.4 Å². The van der Waals surface area contributed by atoms with E-state index >= 15 is 0 Å². The summed E-state index contributed by atoms with van der Waals surface area (Å²) in [7, 11) is -1.68. The Morgan fingerprint density at radius 3 is 2.54 bits per heavy atom. The van der Waals surface area contributed by atoms with Gasteiger partial charge in [-0.25, -0.2) is 0 Å². The minimum Gasteiger partial charge on any atom is -0.414 e. The third-order valence-corrected chi connectivity index (χ3v) is 11.2. The summed E-state index contributed by atoms with van der Waals surface area (Å²) in [5.41, 5.74) is 3.41. The minimum atomic E-state index is -1.68. The van der Waals surface area contributed by atoms with Crippen LogP contribution in [0, 0.1) is 0 Å². The molecule has 0 radical (unpaired) electrons. The van der Waals surface area contributed by atoms with Crippen molar-refractivity contribution in [3.05, 3.63) is 36.8 Å². The molecule has 3 aromatic rings. The normalized spacial score (nSPS) is 21.3. The van der Waals surface area contributed by atoms with Crippen molar-refractivity contribution in [3.63, 3.8) is 0 Å². The number of aromatic nitrogens is 4. The molecule has 4 rings (SSSR count). The molecule has 1 N–H and O–H groups in total. The molecule has 0 aliphatic heterocycles. The molecule has 2 aromatic heterocycles. The van der Waals surface area contributed by atoms with Crippen molar-refractivity contribution in [2.45, 2.75) is 76.7 Å². The van der Waals surface area contributed by atoms with Gasteiger partial charge >= 0.3 is 0 Å². The van der Waals surface area contributed by atoms with Crippen LogP contribution in [0.15, 0.2) is 36.8 Å². The van der Waals surface area contributed by atoms with Gasteiger partial charge in [-0.15, -0.1) is 0 Å². The Morgan fingerprint density at radius 2 is 1.82 bits per heavy atom. The summed E-state index contributed by atoms with van der Waals surface area (Å²) in [5, 5.41) is 13.2. The first kappa shape index (κ1) is 19.4. The highest BCUT2D eigenvalue weighted by atomic mass is 28.4. The monoisotopic (exact) mass is 396 g/mol. The number of hydrogen-bond donors (Lipinski definition) is 1. The van der Waals surface area contributed by atoms with Crippen LogP contribution in [0.5, 0.6) is 0 Å². The lowest BCUT2D eigenvalue weighted by molar-refractivity contribution is 0.115. The summed E-state index contributed by atoms with van der Waals surface area (Å²) in [6, 6.07) is 6.87. The molecule has 1 aliphatic carbocycles. The smallest absolute Gasteiger partial charge is 0.192 e. The van der Waals surface area contributed by atoms with Crippen molar-refractivity contribution >= 4 is 19.2 Å². The molecule has 28 heavy (non-hydrogen) atoms. The van der Waals surface area contributed by atoms with Crippen molar-refractivity contribution in [3.8, 4) is 11.1 Å². The van der Waals surface area contributed by atoms with E-state index in [0.29, 0.717) is 12.1 Å². The van der Waals surface area contributed by atoms with E-state index in [1.54, 1.807) is 0 Å². The van der Waals surface area contributed by atoms with E-state index in [0.717, 1.165) is 42.1 Å². The van der Waals surface area contributed by atoms with Crippen molar-refractivity contribution in [2.75, 3.05) is 0 Å². The SMILES string of the molecule is CC(C)(C)[Si](C)(C)OC1CCC(n2cc(-c3ccc4cn[nH]c4c3)cn2)CC1. The second kappa shape index (κ2) is 7.15. The molecule has 0 spiro atoms. The zero-order valence-electron chi connectivity index (χ0n) is 17.7. The van der Waals surface area contributed by atoms with Gasteiger partial charge in [0.15, 0.2) is 8.32 Å². The highest BCUT2D eigenvalue weighted by molar-refractivity contribution is 6.74. The topological polar surface area (TPSA) is 55.7 Å². The van der Waals surface area contributed by atoms with E-state index in [1.807, 2.05) is 12.4 Å². The standard InChI is InChI=1S/C22H32N4OSi/c1-22(2,3)28(4,5)27-20-10-8-19(9-11-20)26-15-18(14-24-26)16-6-7-17-13-23-25-21(17)12-16/h6-7,12-15,19-20H,8-11H2,1-5H3,(H,23,25). The zero-order chi connectivity index (χ0) is 19.9. The summed E-state index contributed by atoms with van der Waals surface area (Å²) in [6.07, 6.45) is 11.0. The Balaban J connectivity index is 1.40. The molecule has 0 unspecified atom stereocenters. The van der Waals surface area contributed by atoms with E-state index in [2.05, 4.69) is 78.2 Å². The van der Waals surface area contributed by atoms with Gasteiger partial charge in [0.2, 0.25) is 0 Å². The summed E-state index contributed by atoms with van der Waals surface area (Å²) in [5.74, 6) is 0. The van der Waals surface area contributed by atoms with Crippen molar-refractivity contribution < 1.29 is 4.43 Å². The van der Waals surface area contributed by atoms with Crippen LogP contribution in [0.3, 0.4) is 0 Å². The molecule has 1 saturated carbocycles. The fourth-order valence-corrected chi connectivity index (χ4v) is 5.25. The first-order valence-corrected chi connectivity index (χ1v) is 13.3. The molecular formula is C22H32N4OSi. The molecule has 1 aliphatic rings. The van der Waals surface area contributed by atoms with Crippen LogP contribution in [0.4, 0.5) is 0 Å². The lowest BCUT2D eigenvalue weighted by atomic mass is 9.93. The zero-order valence-corrected chi connectivity index (χ0v) is 18.7. The van der Waals surface area contributed by atoms with Gasteiger partial charge in [0.25, 0.3) is 0 Å². The van der Waals surface area contributed by atoms with E-state index in [-0.39, 0.29) is 5.04 Å². The molecule has 1 fully saturated rings. The number of benzene rings is 1. The highest BCUT2D eigenvalue weighted by Crippen LogP contribution is 2.40. The van der Waals surface area contributed by atoms with Gasteiger partial charge in [0.1, 0.15) is 0 Å². The fraction of sp³-hybridized carbons (Fsp3) is 0.545. The predicted octanol–water partition coefficient (Wildman–Crippen LogP) is 5.93. The number of aromatic amines is 1. The van der Waals surface area contributed by atoms with Gasteiger partial charge in [-0.1, -0.05) is 32.9 Å². The summed E-state index contributed by atoms with van der Waals surface area (Å²) < 4.78 is 8.80. The Hall–Kier alpha value is -1.92. The van der Waals surface area contributed by atoms with Gasteiger partial charge in [-0.3, -0.25) is 9.78 Å². The third-order valence-electron chi connectivity index (χ3n) is 6.66. The van der Waals surface area contributed by atoms with Gasteiger partial charge in [0.05, 0.1) is 24.0 Å². The second-order valence-corrected chi connectivity index (χ2v) is 14.4. The molecule has 0 saturated heterocycles. The summed E-state index contributed by atoms with van der Waals surface area (Å²) in [4.78, 5) is 0. The molecule has 150 valence electrons. The predicted molar refractivity (Wildman–Crippen MR) is 117 cm³/mol. The maximum Gasteiger partial charge on any atom is 0.192 e. The largest absolute Gasteiger partial charge is 0.414 e. The van der Waals surface area contributed by atoms with Gasteiger partial charge in [0, 0.05) is 23.3 Å². The number of nitrogens with zero attached hydrogens (tertiary/aromatic N) is 3. The highest BCUT2D eigenvalue weighted by Gasteiger charge is 2.39. The Bertz CT molecular complexity index is 945. The van der Waals surface area contributed by atoms with E-state index < -0.39 is 8.32 Å². The molecule has 0 bridgehead atoms. The van der Waals surface area contributed by atoms with Gasteiger partial charge in [-0.2, -0.15) is 10.2 Å². The first-order valence-electron chi connectivity index (χ1n) is 10.4. The number of rotatable bonds is 4. The van der Waals surface area contributed by atoms with Crippen LogP contribution in [-0.2, 0) is 4.43 Å². The molecule has 1 aromatic carbocycles. The Morgan fingerprint density at radius 1 is 1.07 bits per heavy atom. The third kappa shape index (κ3) is 3.80. The maximum absolute atomic E-state index is 6.64. The van der Waals surface area contributed by atoms with E-state index in [1.165, 1.54) is 5.56 Å². The van der Waals surface area contributed by atoms with Crippen LogP contribution in [0.1, 0.15) is 52.5 Å². The van der Waals surface area contributed by atoms with Crippen molar-refractivity contribution in [1.82, 2.24) is 20.0 Å². The summed E-state index contributed by atoms with van der Waals surface area (Å²) >= 11 is 0. The fourth-order valence-electron chi connectivity index (χ4n) is 3.82. The van der Waals surface area contributed by atoms with Gasteiger partial charge in [-0.05, 0) is 55.4 Å². The number of fused-ring (bicyclic) bond motifs is 1. The molecule has 6 heteroatoms. The minimum absolute atomic E-state index is 0.274. The number of hydrogen-bond acceptors (Lipinski definition) is 3. The van der Waals surface area contributed by atoms with E-state index in [4.69, 9.17) is 4.43 Å². The van der Waals surface area contributed by atoms with Crippen LogP contribution >= 0.6 is 0 Å². The Labute approximate surface area is 168 Å². The van der Waals surface area contributed by atoms with Crippen LogP contribution in [0.2, 0.25) is 18.1 Å². The second-order valence-electron chi connectivity index (χ2n) is 9.69. The lowest BCUT2D eigenvalue weighted by Gasteiger charge is -2.41. The average Bonchev–Trinajstić information content (AvgIpc) is 3.30. The molecular weight excluding hydrogens is 364 g/mol. The van der Waals surface area contributed by atoms with Crippen LogP contribution < -0.4 is 0 Å². The average molecular weight is 397 g/mol. The molecule has 0 amide bonds. The van der Waals surface area contributed by atoms with Crippen LogP contribution in [0.25, 0.3) is 22.0 Å². The maximum atomic E-state index is 6.64. The van der Waals surface area contributed by atoms with Crippen molar-refractivity contribution in [1.29, 1.82) is 0 Å². The van der Waals surface area contributed by atoms with Gasteiger partial charge < -0.3 is 4.43 Å². The number of H-pyrrole nitrogens is 1. The lowest BCUT2D eigenvalue weighted by Crippen LogP contribution is -2.44. The van der Waals surface area contributed by atoms with E-state index in [9.17, 15) is 0 Å². The molecule has 0 atom stereocenters. The Kier molecular flexibility index (Phi) is 4.96. The quantitative estimate of drug-likeness (QED) is 0.556. The number of nitrogens with one attached hydrogen (secondary N) is 1. The van der Waals surface area contributed by atoms with Crippen molar-refractivity contribution in [2.24, 2.45) is 0 Å².